The average molecular weight is 420 g/mol. The molecule has 0 radical (unpaired) electrons. The van der Waals surface area contributed by atoms with Crippen LogP contribution in [0, 0.1) is 11.3 Å². The molecule has 7 heteroatoms. The number of nitriles is 1. The average Bonchev–Trinajstić information content (AvgIpc) is 2.59. The zero-order chi connectivity index (χ0) is 18.2. The third-order valence-corrected chi connectivity index (χ3v) is 4.17. The first-order valence-electron chi connectivity index (χ1n) is 7.44. The van der Waals surface area contributed by atoms with Crippen LogP contribution in [0.1, 0.15) is 5.56 Å². The standard InChI is InChI=1S/C18H16BrClN4O/c19-14-3-1-12(2-4-14)7-8-23-11-13(10-21)18(25)24-17-6-5-15(22)9-16(17)20/h1-6,9,11,23H,7-8,22H2,(H,24,25)/b13-11-. The monoisotopic (exact) mass is 418 g/mol. The molecule has 2 aromatic rings. The van der Waals surface area contributed by atoms with E-state index in [-0.39, 0.29) is 5.57 Å². The summed E-state index contributed by atoms with van der Waals surface area (Å²) in [5, 5.41) is 15.0. The van der Waals surface area contributed by atoms with Crippen molar-refractivity contribution in [2.24, 2.45) is 0 Å². The predicted molar refractivity (Wildman–Crippen MR) is 104 cm³/mol. The van der Waals surface area contributed by atoms with E-state index < -0.39 is 5.91 Å². The molecule has 0 heterocycles. The van der Waals surface area contributed by atoms with Gasteiger partial charge in [-0.15, -0.1) is 0 Å². The summed E-state index contributed by atoms with van der Waals surface area (Å²) in [5.74, 6) is -0.537. The minimum Gasteiger partial charge on any atom is -0.399 e. The van der Waals surface area contributed by atoms with Crippen molar-refractivity contribution >= 4 is 44.8 Å². The molecule has 0 saturated heterocycles. The van der Waals surface area contributed by atoms with Crippen molar-refractivity contribution in [1.29, 1.82) is 5.26 Å². The third kappa shape index (κ3) is 5.82. The van der Waals surface area contributed by atoms with Gasteiger partial charge in [0, 0.05) is 22.9 Å². The van der Waals surface area contributed by atoms with Crippen molar-refractivity contribution in [3.63, 3.8) is 0 Å². The summed E-state index contributed by atoms with van der Waals surface area (Å²) < 4.78 is 1.02. The molecule has 2 rings (SSSR count). The molecule has 0 aromatic heterocycles. The lowest BCUT2D eigenvalue weighted by Crippen LogP contribution is -2.18. The molecule has 128 valence electrons. The summed E-state index contributed by atoms with van der Waals surface area (Å²) in [6.45, 7) is 0.600. The SMILES string of the molecule is N#C/C(=C/NCCc1ccc(Br)cc1)C(=O)Nc1ccc(N)cc1Cl. The Bertz CT molecular complexity index is 828. The van der Waals surface area contributed by atoms with E-state index in [4.69, 9.17) is 22.6 Å². The first-order valence-corrected chi connectivity index (χ1v) is 8.61. The summed E-state index contributed by atoms with van der Waals surface area (Å²) in [7, 11) is 0. The Balaban J connectivity index is 1.91. The number of amides is 1. The van der Waals surface area contributed by atoms with Crippen molar-refractivity contribution in [1.82, 2.24) is 5.32 Å². The number of rotatable bonds is 6. The van der Waals surface area contributed by atoms with Crippen LogP contribution in [0.3, 0.4) is 0 Å². The Morgan fingerprint density at radius 2 is 2.00 bits per heavy atom. The van der Waals surface area contributed by atoms with Gasteiger partial charge in [0.25, 0.3) is 5.91 Å². The number of hydrogen-bond acceptors (Lipinski definition) is 4. The van der Waals surface area contributed by atoms with E-state index in [2.05, 4.69) is 26.6 Å². The molecule has 25 heavy (non-hydrogen) atoms. The number of nitrogen functional groups attached to an aromatic ring is 1. The molecular weight excluding hydrogens is 404 g/mol. The van der Waals surface area contributed by atoms with Gasteiger partial charge in [-0.25, -0.2) is 0 Å². The number of benzene rings is 2. The van der Waals surface area contributed by atoms with Crippen LogP contribution in [-0.2, 0) is 11.2 Å². The Morgan fingerprint density at radius 3 is 2.64 bits per heavy atom. The van der Waals surface area contributed by atoms with Gasteiger partial charge >= 0.3 is 0 Å². The lowest BCUT2D eigenvalue weighted by molar-refractivity contribution is -0.112. The van der Waals surface area contributed by atoms with Gasteiger partial charge < -0.3 is 16.4 Å². The lowest BCUT2D eigenvalue weighted by atomic mass is 10.1. The molecule has 1 amide bonds. The maximum Gasteiger partial charge on any atom is 0.267 e. The second-order valence-corrected chi connectivity index (χ2v) is 6.52. The first-order chi connectivity index (χ1) is 12.0. The molecule has 5 nitrogen and oxygen atoms in total. The van der Waals surface area contributed by atoms with Crippen LogP contribution in [0.5, 0.6) is 0 Å². The van der Waals surface area contributed by atoms with Crippen LogP contribution in [-0.4, -0.2) is 12.5 Å². The fourth-order valence-corrected chi connectivity index (χ4v) is 2.51. The predicted octanol–water partition coefficient (Wildman–Crippen LogP) is 3.86. The smallest absolute Gasteiger partial charge is 0.267 e. The number of carbonyl (C=O) groups is 1. The van der Waals surface area contributed by atoms with Crippen LogP contribution in [0.2, 0.25) is 5.02 Å². The molecule has 0 aliphatic heterocycles. The zero-order valence-corrected chi connectivity index (χ0v) is 15.6. The van der Waals surface area contributed by atoms with Gasteiger partial charge in [-0.1, -0.05) is 39.7 Å². The van der Waals surface area contributed by atoms with E-state index in [0.29, 0.717) is 22.9 Å². The maximum absolute atomic E-state index is 12.1. The molecule has 0 atom stereocenters. The van der Waals surface area contributed by atoms with Crippen LogP contribution in [0.4, 0.5) is 11.4 Å². The van der Waals surface area contributed by atoms with E-state index in [1.807, 2.05) is 30.3 Å². The van der Waals surface area contributed by atoms with E-state index in [0.717, 1.165) is 16.5 Å². The summed E-state index contributed by atoms with van der Waals surface area (Å²) in [6.07, 6.45) is 2.17. The van der Waals surface area contributed by atoms with Gasteiger partial charge in [0.2, 0.25) is 0 Å². The van der Waals surface area contributed by atoms with E-state index >= 15 is 0 Å². The summed E-state index contributed by atoms with van der Waals surface area (Å²) in [6, 6.07) is 14.6. The second-order valence-electron chi connectivity index (χ2n) is 5.19. The Hall–Kier alpha value is -2.49. The molecule has 0 unspecified atom stereocenters. The molecular formula is C18H16BrClN4O. The largest absolute Gasteiger partial charge is 0.399 e. The highest BCUT2D eigenvalue weighted by molar-refractivity contribution is 9.10. The number of hydrogen-bond donors (Lipinski definition) is 3. The van der Waals surface area contributed by atoms with Crippen LogP contribution in [0.25, 0.3) is 0 Å². The number of halogens is 2. The molecule has 0 saturated carbocycles. The van der Waals surface area contributed by atoms with Crippen LogP contribution in [0.15, 0.2) is 58.7 Å². The number of nitrogens with two attached hydrogens (primary N) is 1. The Labute approximate surface area is 159 Å². The second kappa shape index (κ2) is 9.11. The van der Waals surface area contributed by atoms with Crippen molar-refractivity contribution in [2.75, 3.05) is 17.6 Å². The number of nitrogens with zero attached hydrogens (tertiary/aromatic N) is 1. The molecule has 0 aliphatic rings. The van der Waals surface area contributed by atoms with Crippen molar-refractivity contribution in [3.05, 3.63) is 69.3 Å². The van der Waals surface area contributed by atoms with Gasteiger partial charge in [-0.05, 0) is 42.3 Å². The Kier molecular flexibility index (Phi) is 6.87. The summed E-state index contributed by atoms with van der Waals surface area (Å²) in [4.78, 5) is 12.1. The highest BCUT2D eigenvalue weighted by Crippen LogP contribution is 2.24. The molecule has 0 bridgehead atoms. The maximum atomic E-state index is 12.1. The number of nitrogens with one attached hydrogen (secondary N) is 2. The van der Waals surface area contributed by atoms with Gasteiger partial charge in [-0.2, -0.15) is 5.26 Å². The van der Waals surface area contributed by atoms with Gasteiger partial charge in [0.15, 0.2) is 0 Å². The molecule has 0 spiro atoms. The molecule has 0 fully saturated rings. The highest BCUT2D eigenvalue weighted by atomic mass is 79.9. The lowest BCUT2D eigenvalue weighted by Gasteiger charge is -2.07. The van der Waals surface area contributed by atoms with Crippen molar-refractivity contribution in [3.8, 4) is 6.07 Å². The normalized spacial score (nSPS) is 10.8. The minimum atomic E-state index is -0.537. The summed E-state index contributed by atoms with van der Waals surface area (Å²) >= 11 is 9.40. The van der Waals surface area contributed by atoms with E-state index in [9.17, 15) is 4.79 Å². The van der Waals surface area contributed by atoms with E-state index in [1.54, 1.807) is 12.1 Å². The van der Waals surface area contributed by atoms with Gasteiger partial charge in [0.05, 0.1) is 10.7 Å². The highest BCUT2D eigenvalue weighted by Gasteiger charge is 2.11. The quantitative estimate of drug-likeness (QED) is 0.287. The first kappa shape index (κ1) is 18.8. The minimum absolute atomic E-state index is 0.0382. The topological polar surface area (TPSA) is 90.9 Å². The number of carbonyl (C=O) groups excluding carboxylic acids is 1. The fraction of sp³-hybridized carbons (Fsp3) is 0.111. The van der Waals surface area contributed by atoms with Gasteiger partial charge in [0.1, 0.15) is 11.6 Å². The van der Waals surface area contributed by atoms with Crippen molar-refractivity contribution in [2.45, 2.75) is 6.42 Å². The molecule has 0 aliphatic carbocycles. The summed E-state index contributed by atoms with van der Waals surface area (Å²) in [5.41, 5.74) is 7.62. The molecule has 4 N–H and O–H groups in total. The van der Waals surface area contributed by atoms with E-state index in [1.165, 1.54) is 12.3 Å². The zero-order valence-electron chi connectivity index (χ0n) is 13.2. The number of anilines is 2. The third-order valence-electron chi connectivity index (χ3n) is 3.32. The fourth-order valence-electron chi connectivity index (χ4n) is 2.01. The van der Waals surface area contributed by atoms with Gasteiger partial charge in [-0.3, -0.25) is 4.79 Å². The van der Waals surface area contributed by atoms with Crippen LogP contribution < -0.4 is 16.4 Å². The van der Waals surface area contributed by atoms with Crippen LogP contribution >= 0.6 is 27.5 Å². The van der Waals surface area contributed by atoms with Crippen molar-refractivity contribution < 1.29 is 4.79 Å². The Morgan fingerprint density at radius 1 is 1.28 bits per heavy atom. The molecule has 2 aromatic carbocycles.